The molecule has 0 aromatic rings. The van der Waals surface area contributed by atoms with Crippen molar-refractivity contribution in [2.75, 3.05) is 33.2 Å². The van der Waals surface area contributed by atoms with Gasteiger partial charge in [-0.2, -0.15) is 0 Å². The van der Waals surface area contributed by atoms with Gasteiger partial charge in [-0.25, -0.2) is 4.79 Å². The predicted octanol–water partition coefficient (Wildman–Crippen LogP) is 8.16. The zero-order chi connectivity index (χ0) is 32.9. The maximum atomic E-state index is 11.7. The van der Waals surface area contributed by atoms with Gasteiger partial charge in [0.25, 0.3) is 0 Å². The van der Waals surface area contributed by atoms with Crippen molar-refractivity contribution in [2.45, 2.75) is 129 Å². The van der Waals surface area contributed by atoms with Gasteiger partial charge >= 0.3 is 23.1 Å². The Balaban J connectivity index is 5.57. The van der Waals surface area contributed by atoms with E-state index < -0.39 is 50.4 Å². The van der Waals surface area contributed by atoms with Crippen LogP contribution in [-0.4, -0.2) is 89.5 Å². The summed E-state index contributed by atoms with van der Waals surface area (Å²) in [6.07, 6.45) is 3.80. The molecule has 0 heterocycles. The molecule has 0 amide bonds. The van der Waals surface area contributed by atoms with Crippen LogP contribution in [-0.2, 0) is 35.5 Å². The van der Waals surface area contributed by atoms with Gasteiger partial charge in [-0.1, -0.05) is 26.3 Å². The first-order valence-electron chi connectivity index (χ1n) is 15.7. The minimum atomic E-state index is -2.59. The Morgan fingerprint density at radius 3 is 1.74 bits per heavy atom. The smallest absolute Gasteiger partial charge is 0.333 e. The van der Waals surface area contributed by atoms with Gasteiger partial charge in [0.05, 0.1) is 26.1 Å². The summed E-state index contributed by atoms with van der Waals surface area (Å²) < 4.78 is 44.3. The van der Waals surface area contributed by atoms with E-state index in [1.54, 1.807) is 14.0 Å². The highest BCUT2D eigenvalue weighted by Gasteiger charge is 2.47. The van der Waals surface area contributed by atoms with Crippen molar-refractivity contribution in [1.29, 1.82) is 0 Å². The van der Waals surface area contributed by atoms with Crippen LogP contribution in [0.2, 0.25) is 96.2 Å². The van der Waals surface area contributed by atoms with Gasteiger partial charge in [-0.05, 0) is 110 Å². The average molecular weight is 699 g/mol. The summed E-state index contributed by atoms with van der Waals surface area (Å²) in [4.78, 5) is 11.7. The predicted molar refractivity (Wildman–Crippen MR) is 191 cm³/mol. The van der Waals surface area contributed by atoms with Crippen LogP contribution in [0.5, 0.6) is 0 Å². The summed E-state index contributed by atoms with van der Waals surface area (Å²) in [5.74, 6) is -0.331. The van der Waals surface area contributed by atoms with Gasteiger partial charge in [0.2, 0.25) is 0 Å². The fraction of sp³-hybridized carbons (Fsp3) is 0.893. The third-order valence-electron chi connectivity index (χ3n) is 6.73. The van der Waals surface area contributed by atoms with E-state index in [-0.39, 0.29) is 5.97 Å². The number of methoxy groups -OCH3 is 1. The van der Waals surface area contributed by atoms with Crippen molar-refractivity contribution in [2.24, 2.45) is 0 Å². The van der Waals surface area contributed by atoms with Crippen LogP contribution in [0.4, 0.5) is 0 Å². The van der Waals surface area contributed by atoms with Gasteiger partial charge in [0, 0.05) is 12.7 Å². The average Bonchev–Trinajstić information content (AvgIpc) is 2.80. The van der Waals surface area contributed by atoms with Crippen LogP contribution in [0, 0.1) is 0 Å². The highest BCUT2D eigenvalue weighted by atomic mass is 28.5. The van der Waals surface area contributed by atoms with Gasteiger partial charge in [-0.3, -0.25) is 0 Å². The zero-order valence-electron chi connectivity index (χ0n) is 29.8. The Morgan fingerprint density at radius 1 is 0.643 bits per heavy atom. The zero-order valence-corrected chi connectivity index (χ0v) is 35.8. The fourth-order valence-electron chi connectivity index (χ4n) is 5.22. The highest BCUT2D eigenvalue weighted by Crippen LogP contribution is 2.33. The van der Waals surface area contributed by atoms with E-state index in [1.807, 2.05) is 0 Å². The molecule has 42 heavy (non-hydrogen) atoms. The molecule has 0 fully saturated rings. The Morgan fingerprint density at radius 2 is 1.19 bits per heavy atom. The molecule has 0 spiro atoms. The fourth-order valence-corrected chi connectivity index (χ4v) is 35.8. The molecule has 1 atom stereocenters. The first-order valence-corrected chi connectivity index (χ1v) is 33.5. The molecule has 0 aromatic heterocycles. The van der Waals surface area contributed by atoms with Gasteiger partial charge in [0.1, 0.15) is 0 Å². The molecule has 0 aromatic carbocycles. The summed E-state index contributed by atoms with van der Waals surface area (Å²) in [7, 11) is -11.4. The summed E-state index contributed by atoms with van der Waals surface area (Å²) in [6.45, 7) is 34.0. The first kappa shape index (κ1) is 42.3. The number of ether oxygens (including phenoxy) is 3. The number of esters is 1. The number of carbonyl (C=O) groups excluding carboxylic acids is 1. The van der Waals surface area contributed by atoms with E-state index in [9.17, 15) is 4.79 Å². The molecule has 250 valence electrons. The summed E-state index contributed by atoms with van der Waals surface area (Å²) >= 11 is 0. The highest BCUT2D eigenvalue weighted by molar-refractivity contribution is 6.91. The number of unbranched alkanes of at least 4 members (excludes halogenated alkanes) is 1. The molecule has 0 radical (unpaired) electrons. The monoisotopic (exact) mass is 698 g/mol. The summed E-state index contributed by atoms with van der Waals surface area (Å²) in [6, 6.07) is 3.92. The molecule has 0 aliphatic heterocycles. The third kappa shape index (κ3) is 20.3. The quantitative estimate of drug-likeness (QED) is 0.0433. The lowest BCUT2D eigenvalue weighted by Crippen LogP contribution is -2.58. The molecule has 0 rings (SSSR count). The first-order chi connectivity index (χ1) is 19.0. The molecule has 0 aliphatic rings. The molecule has 1 unspecified atom stereocenters. The van der Waals surface area contributed by atoms with Crippen molar-refractivity contribution >= 4 is 56.4 Å². The Hall–Kier alpha value is 0.271. The van der Waals surface area contributed by atoms with Gasteiger partial charge in [-0.15, -0.1) is 0 Å². The Bertz CT molecular complexity index is 822. The SMILES string of the molecule is C=C(C)C(=O)OCCC[Si](C)(C)O[Si](C)(C)O[Si](C)(CC[Si](C)(C)O[Si](C)(C)COCCOC)O[Si](C)(C)CCCC. The molecule has 0 aliphatic carbocycles. The topological polar surface area (TPSA) is 81.7 Å². The van der Waals surface area contributed by atoms with Crippen LogP contribution in [0.15, 0.2) is 12.2 Å². The molecule has 0 saturated carbocycles. The number of carbonyl (C=O) groups is 1. The maximum Gasteiger partial charge on any atom is 0.333 e. The largest absolute Gasteiger partial charge is 0.462 e. The van der Waals surface area contributed by atoms with E-state index in [2.05, 4.69) is 85.5 Å². The second kappa shape index (κ2) is 18.4. The van der Waals surface area contributed by atoms with Crippen LogP contribution in [0.1, 0.15) is 33.1 Å². The van der Waals surface area contributed by atoms with Crippen molar-refractivity contribution in [3.63, 3.8) is 0 Å². The maximum absolute atomic E-state index is 11.7. The minimum absolute atomic E-state index is 0.331. The summed E-state index contributed by atoms with van der Waals surface area (Å²) in [5.41, 5.74) is 0.428. The molecule has 0 saturated heterocycles. The van der Waals surface area contributed by atoms with Crippen molar-refractivity contribution in [3.05, 3.63) is 12.2 Å². The van der Waals surface area contributed by atoms with Crippen molar-refractivity contribution in [3.8, 4) is 0 Å². The van der Waals surface area contributed by atoms with Gasteiger partial charge in [0.15, 0.2) is 33.3 Å². The van der Waals surface area contributed by atoms with E-state index in [1.165, 1.54) is 12.8 Å². The molecule has 0 bridgehead atoms. The van der Waals surface area contributed by atoms with E-state index in [0.717, 1.165) is 30.6 Å². The second-order valence-electron chi connectivity index (χ2n) is 14.6. The van der Waals surface area contributed by atoms with Crippen LogP contribution in [0.3, 0.4) is 0 Å². The Kier molecular flexibility index (Phi) is 18.5. The Labute approximate surface area is 265 Å². The molecular weight excluding hydrogens is 633 g/mol. The van der Waals surface area contributed by atoms with E-state index in [4.69, 9.17) is 30.7 Å². The van der Waals surface area contributed by atoms with Crippen LogP contribution in [0.25, 0.3) is 0 Å². The van der Waals surface area contributed by atoms with Crippen LogP contribution < -0.4 is 0 Å². The third-order valence-corrected chi connectivity index (χ3v) is 30.1. The van der Waals surface area contributed by atoms with Crippen molar-refractivity contribution < 1.29 is 35.5 Å². The lowest BCUT2D eigenvalue weighted by Gasteiger charge is -2.44. The second-order valence-corrected chi connectivity index (χ2v) is 39.3. The van der Waals surface area contributed by atoms with E-state index >= 15 is 0 Å². The van der Waals surface area contributed by atoms with Crippen LogP contribution >= 0.6 is 0 Å². The summed E-state index contributed by atoms with van der Waals surface area (Å²) in [5, 5.41) is 0. The lowest BCUT2D eigenvalue weighted by atomic mass is 10.4. The van der Waals surface area contributed by atoms with Crippen molar-refractivity contribution in [1.82, 2.24) is 0 Å². The minimum Gasteiger partial charge on any atom is -0.462 e. The molecule has 8 nitrogen and oxygen atoms in total. The molecule has 0 N–H and O–H groups in total. The number of rotatable bonds is 24. The number of hydrogen-bond acceptors (Lipinski definition) is 8. The van der Waals surface area contributed by atoms with E-state index in [0.29, 0.717) is 31.6 Å². The molecule has 14 heteroatoms. The van der Waals surface area contributed by atoms with Gasteiger partial charge < -0.3 is 30.7 Å². The standard InChI is InChI=1S/C28H66O8Si6/c1-16-17-22-38(7,8)35-42(15,25-24-39(9,10)33-40(11,12)26-31-21-20-30-4)36-41(13,14)34-37(5,6)23-18-19-32-28(29)27(2)3/h2,16-26H2,1,3-15H3. The number of hydrogen-bond donors (Lipinski definition) is 0. The lowest BCUT2D eigenvalue weighted by molar-refractivity contribution is -0.138. The molecular formula is C28H66O8Si6. The normalized spacial score (nSPS) is 15.0.